The lowest BCUT2D eigenvalue weighted by Crippen LogP contribution is -2.64. The van der Waals surface area contributed by atoms with Crippen LogP contribution in [0.15, 0.2) is 0 Å². The third-order valence-corrected chi connectivity index (χ3v) is 5.07. The minimum absolute atomic E-state index is 0.460. The molecule has 1 N–H and O–H groups in total. The van der Waals surface area contributed by atoms with Crippen LogP contribution in [0.25, 0.3) is 0 Å². The molecule has 0 aromatic carbocycles. The number of rotatable bonds is 5. The fourth-order valence-electron chi connectivity index (χ4n) is 3.85. The molecule has 1 aliphatic heterocycles. The zero-order valence-electron chi connectivity index (χ0n) is 13.2. The van der Waals surface area contributed by atoms with Crippen LogP contribution < -0.4 is 5.32 Å². The standard InChI is InChI=1S/C16H33N3/c1-4-15-13-17-16(9-6-5-7-10-16)14-19(15)12-8-11-18(2)3/h15,17H,4-14H2,1-3H3. The molecule has 3 heteroatoms. The van der Waals surface area contributed by atoms with Crippen LogP contribution in [0.3, 0.4) is 0 Å². The summed E-state index contributed by atoms with van der Waals surface area (Å²) < 4.78 is 0. The molecule has 1 aliphatic carbocycles. The quantitative estimate of drug-likeness (QED) is 0.825. The van der Waals surface area contributed by atoms with Crippen molar-refractivity contribution < 1.29 is 0 Å². The van der Waals surface area contributed by atoms with Crippen LogP contribution >= 0.6 is 0 Å². The van der Waals surface area contributed by atoms with Crippen molar-refractivity contribution in [1.29, 1.82) is 0 Å². The van der Waals surface area contributed by atoms with Gasteiger partial charge < -0.3 is 10.2 Å². The fourth-order valence-corrected chi connectivity index (χ4v) is 3.85. The van der Waals surface area contributed by atoms with E-state index in [-0.39, 0.29) is 0 Å². The van der Waals surface area contributed by atoms with Crippen molar-refractivity contribution in [2.24, 2.45) is 0 Å². The molecule has 0 aromatic rings. The molecule has 2 fully saturated rings. The van der Waals surface area contributed by atoms with E-state index in [1.807, 2.05) is 0 Å². The van der Waals surface area contributed by atoms with Gasteiger partial charge in [-0.2, -0.15) is 0 Å². The van der Waals surface area contributed by atoms with Gasteiger partial charge in [-0.15, -0.1) is 0 Å². The highest BCUT2D eigenvalue weighted by Crippen LogP contribution is 2.32. The smallest absolute Gasteiger partial charge is 0.0309 e. The summed E-state index contributed by atoms with van der Waals surface area (Å²) in [6.07, 6.45) is 9.68. The van der Waals surface area contributed by atoms with Gasteiger partial charge in [0.15, 0.2) is 0 Å². The van der Waals surface area contributed by atoms with Crippen molar-refractivity contribution in [3.8, 4) is 0 Å². The van der Waals surface area contributed by atoms with Crippen molar-refractivity contribution in [1.82, 2.24) is 15.1 Å². The van der Waals surface area contributed by atoms with Crippen LogP contribution in [0.5, 0.6) is 0 Å². The normalized spacial score (nSPS) is 28.1. The molecule has 0 amide bonds. The molecule has 2 aliphatic rings. The summed E-state index contributed by atoms with van der Waals surface area (Å²) in [5, 5.41) is 3.91. The zero-order valence-corrected chi connectivity index (χ0v) is 13.2. The van der Waals surface area contributed by atoms with Crippen LogP contribution in [0.4, 0.5) is 0 Å². The average Bonchev–Trinajstić information content (AvgIpc) is 2.40. The van der Waals surface area contributed by atoms with Gasteiger partial charge in [-0.3, -0.25) is 4.90 Å². The Morgan fingerprint density at radius 2 is 1.95 bits per heavy atom. The summed E-state index contributed by atoms with van der Waals surface area (Å²) in [7, 11) is 4.36. The first-order valence-electron chi connectivity index (χ1n) is 8.29. The van der Waals surface area contributed by atoms with Gasteiger partial charge in [0.25, 0.3) is 0 Å². The SMILES string of the molecule is CCC1CNC2(CCCCC2)CN1CCCN(C)C. The van der Waals surface area contributed by atoms with E-state index in [1.54, 1.807) is 0 Å². The second kappa shape index (κ2) is 7.05. The molecule has 1 spiro atoms. The topological polar surface area (TPSA) is 18.5 Å². The lowest BCUT2D eigenvalue weighted by Gasteiger charge is -2.49. The van der Waals surface area contributed by atoms with Crippen molar-refractivity contribution >= 4 is 0 Å². The van der Waals surface area contributed by atoms with Crippen LogP contribution in [-0.4, -0.2) is 61.7 Å². The first-order valence-corrected chi connectivity index (χ1v) is 8.29. The molecule has 0 radical (unpaired) electrons. The van der Waals surface area contributed by atoms with Crippen molar-refractivity contribution in [2.45, 2.75) is 63.5 Å². The van der Waals surface area contributed by atoms with Crippen molar-refractivity contribution in [2.75, 3.05) is 40.3 Å². The Morgan fingerprint density at radius 3 is 2.58 bits per heavy atom. The zero-order chi connectivity index (χ0) is 13.7. The molecule has 0 bridgehead atoms. The van der Waals surface area contributed by atoms with Crippen LogP contribution in [0.1, 0.15) is 51.9 Å². The molecule has 1 saturated heterocycles. The predicted molar refractivity (Wildman–Crippen MR) is 82.6 cm³/mol. The molecule has 2 rings (SSSR count). The third kappa shape index (κ3) is 4.17. The highest BCUT2D eigenvalue weighted by atomic mass is 15.3. The second-order valence-corrected chi connectivity index (χ2v) is 6.91. The van der Waals surface area contributed by atoms with Gasteiger partial charge in [-0.1, -0.05) is 26.2 Å². The van der Waals surface area contributed by atoms with Gasteiger partial charge in [0.1, 0.15) is 0 Å². The number of hydrogen-bond donors (Lipinski definition) is 1. The van der Waals surface area contributed by atoms with Gasteiger partial charge in [-0.05, 0) is 52.9 Å². The Morgan fingerprint density at radius 1 is 1.21 bits per heavy atom. The fraction of sp³-hybridized carbons (Fsp3) is 1.00. The largest absolute Gasteiger partial charge is 0.309 e. The molecule has 1 atom stereocenters. The Kier molecular flexibility index (Phi) is 5.67. The minimum Gasteiger partial charge on any atom is -0.309 e. The Bertz CT molecular complexity index is 259. The van der Waals surface area contributed by atoms with Crippen molar-refractivity contribution in [3.63, 3.8) is 0 Å². The van der Waals surface area contributed by atoms with Gasteiger partial charge in [0.2, 0.25) is 0 Å². The van der Waals surface area contributed by atoms with E-state index < -0.39 is 0 Å². The van der Waals surface area contributed by atoms with Gasteiger partial charge >= 0.3 is 0 Å². The Balaban J connectivity index is 1.88. The lowest BCUT2D eigenvalue weighted by atomic mass is 9.79. The number of nitrogens with zero attached hydrogens (tertiary/aromatic N) is 2. The Hall–Kier alpha value is -0.120. The number of nitrogens with one attached hydrogen (secondary N) is 1. The van der Waals surface area contributed by atoms with Gasteiger partial charge in [0, 0.05) is 24.7 Å². The van der Waals surface area contributed by atoms with E-state index in [0.717, 1.165) is 6.04 Å². The van der Waals surface area contributed by atoms with Crippen molar-refractivity contribution in [3.05, 3.63) is 0 Å². The maximum Gasteiger partial charge on any atom is 0.0309 e. The monoisotopic (exact) mass is 267 g/mol. The molecular formula is C16H33N3. The molecule has 1 saturated carbocycles. The lowest BCUT2D eigenvalue weighted by molar-refractivity contribution is 0.0520. The minimum atomic E-state index is 0.460. The summed E-state index contributed by atoms with van der Waals surface area (Å²) in [4.78, 5) is 5.09. The molecule has 1 heterocycles. The third-order valence-electron chi connectivity index (χ3n) is 5.07. The molecule has 1 unspecified atom stereocenters. The van der Waals surface area contributed by atoms with E-state index in [2.05, 4.69) is 36.1 Å². The second-order valence-electron chi connectivity index (χ2n) is 6.91. The summed E-state index contributed by atoms with van der Waals surface area (Å²) in [5.41, 5.74) is 0.460. The average molecular weight is 267 g/mol. The van der Waals surface area contributed by atoms with E-state index in [1.165, 1.54) is 71.1 Å². The maximum absolute atomic E-state index is 3.91. The summed E-state index contributed by atoms with van der Waals surface area (Å²) in [6, 6.07) is 0.759. The molecule has 0 aromatic heterocycles. The molecule has 112 valence electrons. The summed E-state index contributed by atoms with van der Waals surface area (Å²) >= 11 is 0. The first kappa shape index (κ1) is 15.3. The summed E-state index contributed by atoms with van der Waals surface area (Å²) in [5.74, 6) is 0. The van der Waals surface area contributed by atoms with Crippen LogP contribution in [0, 0.1) is 0 Å². The number of hydrogen-bond acceptors (Lipinski definition) is 3. The van der Waals surface area contributed by atoms with E-state index in [4.69, 9.17) is 0 Å². The van der Waals surface area contributed by atoms with E-state index in [0.29, 0.717) is 5.54 Å². The van der Waals surface area contributed by atoms with E-state index >= 15 is 0 Å². The molecular weight excluding hydrogens is 234 g/mol. The first-order chi connectivity index (χ1) is 9.15. The summed E-state index contributed by atoms with van der Waals surface area (Å²) in [6.45, 7) is 7.33. The van der Waals surface area contributed by atoms with Gasteiger partial charge in [-0.25, -0.2) is 0 Å². The predicted octanol–water partition coefficient (Wildman–Crippen LogP) is 2.32. The highest BCUT2D eigenvalue weighted by molar-refractivity contribution is 4.99. The Labute approximate surface area is 119 Å². The van der Waals surface area contributed by atoms with Crippen LogP contribution in [-0.2, 0) is 0 Å². The molecule has 3 nitrogen and oxygen atoms in total. The highest BCUT2D eigenvalue weighted by Gasteiger charge is 2.38. The van der Waals surface area contributed by atoms with Crippen LogP contribution in [0.2, 0.25) is 0 Å². The maximum atomic E-state index is 3.91. The number of piperazine rings is 1. The van der Waals surface area contributed by atoms with E-state index in [9.17, 15) is 0 Å². The molecule has 19 heavy (non-hydrogen) atoms. The van der Waals surface area contributed by atoms with Gasteiger partial charge in [0.05, 0.1) is 0 Å².